The van der Waals surface area contributed by atoms with E-state index in [0.29, 0.717) is 17.9 Å². The number of amides is 1. The summed E-state index contributed by atoms with van der Waals surface area (Å²) in [7, 11) is 4.23. The predicted molar refractivity (Wildman–Crippen MR) is 106 cm³/mol. The topological polar surface area (TPSA) is 91.4 Å². The summed E-state index contributed by atoms with van der Waals surface area (Å²) < 4.78 is 20.4. The number of benzene rings is 2. The average molecular weight is 413 g/mol. The number of hydrogen-bond acceptors (Lipinski definition) is 7. The van der Waals surface area contributed by atoms with Crippen LogP contribution in [-0.4, -0.2) is 56.7 Å². The highest BCUT2D eigenvalue weighted by Gasteiger charge is 2.35. The zero-order chi connectivity index (χ0) is 21.7. The Balaban J connectivity index is 1.71. The molecule has 0 N–H and O–H groups in total. The summed E-state index contributed by atoms with van der Waals surface area (Å²) in [6.45, 7) is -0.258. The van der Waals surface area contributed by atoms with Crippen molar-refractivity contribution in [1.29, 1.82) is 0 Å². The molecule has 1 heterocycles. The van der Waals surface area contributed by atoms with E-state index in [9.17, 15) is 14.4 Å². The smallest absolute Gasteiger partial charge is 0.338 e. The summed E-state index contributed by atoms with van der Waals surface area (Å²) >= 11 is 0. The van der Waals surface area contributed by atoms with Crippen molar-refractivity contribution >= 4 is 17.8 Å². The number of hydrogen-bond donors (Lipinski definition) is 0. The summed E-state index contributed by atoms with van der Waals surface area (Å²) in [6.07, 6.45) is 0.345. The monoisotopic (exact) mass is 413 g/mol. The largest absolute Gasteiger partial charge is 0.493 e. The fraction of sp³-hybridized carbons (Fsp3) is 0.318. The molecule has 0 saturated heterocycles. The van der Waals surface area contributed by atoms with Gasteiger partial charge in [-0.1, -0.05) is 24.3 Å². The minimum atomic E-state index is -0.766. The van der Waals surface area contributed by atoms with Gasteiger partial charge in [-0.3, -0.25) is 4.79 Å². The lowest BCUT2D eigenvalue weighted by Crippen LogP contribution is -2.50. The third-order valence-electron chi connectivity index (χ3n) is 4.99. The van der Waals surface area contributed by atoms with Crippen LogP contribution in [0.2, 0.25) is 0 Å². The van der Waals surface area contributed by atoms with Gasteiger partial charge >= 0.3 is 11.9 Å². The number of fused-ring (bicyclic) bond motifs is 1. The summed E-state index contributed by atoms with van der Waals surface area (Å²) in [4.78, 5) is 38.8. The minimum Gasteiger partial charge on any atom is -0.493 e. The van der Waals surface area contributed by atoms with Crippen molar-refractivity contribution in [3.63, 3.8) is 0 Å². The number of methoxy groups -OCH3 is 3. The molecule has 0 bridgehead atoms. The van der Waals surface area contributed by atoms with Crippen molar-refractivity contribution in [3.05, 3.63) is 59.2 Å². The summed E-state index contributed by atoms with van der Waals surface area (Å²) in [5.74, 6) is -0.830. The van der Waals surface area contributed by atoms with Crippen molar-refractivity contribution in [2.24, 2.45) is 0 Å². The maximum Gasteiger partial charge on any atom is 0.338 e. The van der Waals surface area contributed by atoms with Crippen LogP contribution in [0.3, 0.4) is 0 Å². The second-order valence-corrected chi connectivity index (χ2v) is 6.68. The lowest BCUT2D eigenvalue weighted by atomic mass is 9.94. The second-order valence-electron chi connectivity index (χ2n) is 6.68. The fourth-order valence-corrected chi connectivity index (χ4v) is 3.39. The molecule has 30 heavy (non-hydrogen) atoms. The van der Waals surface area contributed by atoms with Gasteiger partial charge < -0.3 is 23.8 Å². The van der Waals surface area contributed by atoms with Crippen LogP contribution in [0.15, 0.2) is 42.5 Å². The van der Waals surface area contributed by atoms with Crippen LogP contribution < -0.4 is 9.47 Å². The Kier molecular flexibility index (Phi) is 6.56. The van der Waals surface area contributed by atoms with E-state index in [1.165, 1.54) is 38.4 Å². The quantitative estimate of drug-likeness (QED) is 0.669. The molecule has 3 rings (SSSR count). The summed E-state index contributed by atoms with van der Waals surface area (Å²) in [6, 6.07) is 11.4. The minimum absolute atomic E-state index is 0.217. The molecule has 8 heteroatoms. The summed E-state index contributed by atoms with van der Waals surface area (Å²) in [5, 5.41) is 0. The Morgan fingerprint density at radius 2 is 1.67 bits per heavy atom. The van der Waals surface area contributed by atoms with Gasteiger partial charge in [0.15, 0.2) is 18.1 Å². The zero-order valence-corrected chi connectivity index (χ0v) is 17.0. The third-order valence-corrected chi connectivity index (χ3v) is 4.99. The second kappa shape index (κ2) is 9.30. The normalized spacial score (nSPS) is 15.0. The summed E-state index contributed by atoms with van der Waals surface area (Å²) in [5.41, 5.74) is 2.14. The van der Waals surface area contributed by atoms with Crippen LogP contribution in [0.1, 0.15) is 21.5 Å². The molecular formula is C22H23NO7. The fourth-order valence-electron chi connectivity index (χ4n) is 3.39. The molecular weight excluding hydrogens is 390 g/mol. The molecule has 0 aliphatic carbocycles. The maximum atomic E-state index is 12.8. The molecule has 1 amide bonds. The van der Waals surface area contributed by atoms with E-state index in [-0.39, 0.29) is 12.1 Å². The van der Waals surface area contributed by atoms with Crippen LogP contribution in [0, 0.1) is 0 Å². The van der Waals surface area contributed by atoms with E-state index in [4.69, 9.17) is 18.9 Å². The van der Waals surface area contributed by atoms with Gasteiger partial charge in [-0.05, 0) is 29.3 Å². The first-order valence-electron chi connectivity index (χ1n) is 9.31. The van der Waals surface area contributed by atoms with Gasteiger partial charge in [0.25, 0.3) is 5.91 Å². The number of carbonyl (C=O) groups is 3. The SMILES string of the molecule is COC(=O)[C@@H]1Cc2ccccc2CN1C(=O)COC(=O)c1ccc(OC)c(OC)c1. The lowest BCUT2D eigenvalue weighted by Gasteiger charge is -2.35. The van der Waals surface area contributed by atoms with E-state index < -0.39 is 30.5 Å². The molecule has 1 aliphatic rings. The molecule has 158 valence electrons. The molecule has 0 radical (unpaired) electrons. The molecule has 0 spiro atoms. The lowest BCUT2D eigenvalue weighted by molar-refractivity contribution is -0.155. The number of esters is 2. The van der Waals surface area contributed by atoms with E-state index >= 15 is 0 Å². The van der Waals surface area contributed by atoms with E-state index in [2.05, 4.69) is 0 Å². The standard InChI is InChI=1S/C22H23NO7/c1-27-18-9-8-15(11-19(18)28-2)21(25)30-13-20(24)23-12-16-7-5-4-6-14(16)10-17(23)22(26)29-3/h4-9,11,17H,10,12-13H2,1-3H3/t17-/m0/s1. The first kappa shape index (κ1) is 21.2. The highest BCUT2D eigenvalue weighted by atomic mass is 16.5. The molecule has 1 aliphatic heterocycles. The highest BCUT2D eigenvalue weighted by Crippen LogP contribution is 2.28. The zero-order valence-electron chi connectivity index (χ0n) is 17.0. The number of nitrogens with zero attached hydrogens (tertiary/aromatic N) is 1. The van der Waals surface area contributed by atoms with Crippen molar-refractivity contribution in [3.8, 4) is 11.5 Å². The highest BCUT2D eigenvalue weighted by molar-refractivity contribution is 5.93. The number of carbonyl (C=O) groups excluding carboxylic acids is 3. The number of ether oxygens (including phenoxy) is 4. The first-order chi connectivity index (χ1) is 14.5. The van der Waals surface area contributed by atoms with Crippen molar-refractivity contribution in [1.82, 2.24) is 4.90 Å². The third kappa shape index (κ3) is 4.37. The van der Waals surface area contributed by atoms with Gasteiger partial charge in [-0.25, -0.2) is 9.59 Å². The van der Waals surface area contributed by atoms with Crippen molar-refractivity contribution < 1.29 is 33.3 Å². The van der Waals surface area contributed by atoms with Crippen LogP contribution in [-0.2, 0) is 32.0 Å². The van der Waals surface area contributed by atoms with E-state index in [0.717, 1.165) is 11.1 Å². The van der Waals surface area contributed by atoms with Gasteiger partial charge in [-0.2, -0.15) is 0 Å². The molecule has 0 fully saturated rings. The first-order valence-corrected chi connectivity index (χ1v) is 9.31. The maximum absolute atomic E-state index is 12.8. The van der Waals surface area contributed by atoms with Crippen LogP contribution in [0.5, 0.6) is 11.5 Å². The molecule has 0 aromatic heterocycles. The predicted octanol–water partition coefficient (Wildman–Crippen LogP) is 1.99. The van der Waals surface area contributed by atoms with Gasteiger partial charge in [-0.15, -0.1) is 0 Å². The Hall–Kier alpha value is -3.55. The van der Waals surface area contributed by atoms with Crippen LogP contribution >= 0.6 is 0 Å². The molecule has 2 aromatic rings. The molecule has 1 atom stereocenters. The van der Waals surface area contributed by atoms with E-state index in [1.54, 1.807) is 6.07 Å². The Bertz CT molecular complexity index is 956. The van der Waals surface area contributed by atoms with Crippen molar-refractivity contribution in [2.75, 3.05) is 27.9 Å². The Morgan fingerprint density at radius 1 is 0.967 bits per heavy atom. The molecule has 0 saturated carbocycles. The van der Waals surface area contributed by atoms with Crippen molar-refractivity contribution in [2.45, 2.75) is 19.0 Å². The van der Waals surface area contributed by atoms with Gasteiger partial charge in [0.05, 0.1) is 26.9 Å². The van der Waals surface area contributed by atoms with Gasteiger partial charge in [0.2, 0.25) is 0 Å². The Morgan fingerprint density at radius 3 is 2.33 bits per heavy atom. The van der Waals surface area contributed by atoms with Gasteiger partial charge in [0, 0.05) is 13.0 Å². The molecule has 8 nitrogen and oxygen atoms in total. The molecule has 2 aromatic carbocycles. The van der Waals surface area contributed by atoms with Crippen LogP contribution in [0.25, 0.3) is 0 Å². The average Bonchev–Trinajstić information content (AvgIpc) is 2.80. The Labute approximate surface area is 174 Å². The number of rotatable bonds is 6. The van der Waals surface area contributed by atoms with E-state index in [1.807, 2.05) is 24.3 Å². The van der Waals surface area contributed by atoms with Gasteiger partial charge in [0.1, 0.15) is 6.04 Å². The van der Waals surface area contributed by atoms with Crippen LogP contribution in [0.4, 0.5) is 0 Å². The molecule has 0 unspecified atom stereocenters.